The Morgan fingerprint density at radius 2 is 1.73 bits per heavy atom. The number of carbonyl (C=O) groups excluding carboxylic acids is 4. The van der Waals surface area contributed by atoms with E-state index in [0.29, 0.717) is 19.4 Å². The van der Waals surface area contributed by atoms with Gasteiger partial charge in [-0.25, -0.2) is 4.79 Å². The van der Waals surface area contributed by atoms with Crippen LogP contribution in [0.25, 0.3) is 0 Å². The van der Waals surface area contributed by atoms with Gasteiger partial charge >= 0.3 is 5.97 Å². The predicted molar refractivity (Wildman–Crippen MR) is 215 cm³/mol. The van der Waals surface area contributed by atoms with Crippen LogP contribution in [0.1, 0.15) is 88.0 Å². The van der Waals surface area contributed by atoms with E-state index in [4.69, 9.17) is 4.74 Å². The zero-order valence-electron chi connectivity index (χ0n) is 32.4. The number of esters is 1. The van der Waals surface area contributed by atoms with Crippen molar-refractivity contribution in [1.82, 2.24) is 10.6 Å². The van der Waals surface area contributed by atoms with Crippen molar-refractivity contribution in [3.8, 4) is 0 Å². The van der Waals surface area contributed by atoms with E-state index in [0.717, 1.165) is 40.9 Å². The van der Waals surface area contributed by atoms with Crippen LogP contribution in [0.2, 0.25) is 0 Å². The Morgan fingerprint density at radius 3 is 2.39 bits per heavy atom. The number of allylic oxidation sites excluding steroid dienone is 8. The summed E-state index contributed by atoms with van der Waals surface area (Å²) in [5.41, 5.74) is 3.63. The number of hydrogen-bond acceptors (Lipinski definition) is 8. The predicted octanol–water partition coefficient (Wildman–Crippen LogP) is 8.03. The smallest absolute Gasteiger partial charge is 0.331 e. The van der Waals surface area contributed by atoms with E-state index in [9.17, 15) is 24.3 Å². The van der Waals surface area contributed by atoms with Gasteiger partial charge in [0.25, 0.3) is 0 Å². The molecule has 0 fully saturated rings. The van der Waals surface area contributed by atoms with Gasteiger partial charge in [-0.05, 0) is 83.4 Å². The molecule has 1 aliphatic heterocycles. The minimum atomic E-state index is -0.837. The summed E-state index contributed by atoms with van der Waals surface area (Å²) in [7, 11) is 5.04. The summed E-state index contributed by atoms with van der Waals surface area (Å²) in [5, 5.41) is 16.7. The molecule has 0 aromatic heterocycles. The van der Waals surface area contributed by atoms with Crippen LogP contribution in [0, 0.1) is 23.7 Å². The van der Waals surface area contributed by atoms with E-state index < -0.39 is 18.1 Å². The second-order valence-corrected chi connectivity index (χ2v) is 17.5. The summed E-state index contributed by atoms with van der Waals surface area (Å²) in [5.74, 6) is -0.491. The summed E-state index contributed by atoms with van der Waals surface area (Å²) >= 11 is 0. The number of carbonyl (C=O) groups is 4. The van der Waals surface area contributed by atoms with Crippen LogP contribution < -0.4 is 10.6 Å². The molecule has 51 heavy (non-hydrogen) atoms. The van der Waals surface area contributed by atoms with Crippen LogP contribution in [-0.4, -0.2) is 65.0 Å². The van der Waals surface area contributed by atoms with Crippen molar-refractivity contribution in [2.24, 2.45) is 23.7 Å². The molecule has 0 aromatic rings. The molecule has 0 spiro atoms. The second kappa shape index (κ2) is 23.5. The minimum Gasteiger partial charge on any atom is -0.450 e. The molecule has 2 amide bonds. The number of ether oxygens (including phenoxy) is 1. The van der Waals surface area contributed by atoms with Gasteiger partial charge in [-0.1, -0.05) is 103 Å². The first-order valence-electron chi connectivity index (χ1n) is 17.8. The lowest BCUT2D eigenvalue weighted by Gasteiger charge is -2.26. The van der Waals surface area contributed by atoms with E-state index >= 15 is 0 Å². The van der Waals surface area contributed by atoms with Gasteiger partial charge in [0.1, 0.15) is 11.9 Å². The molecule has 10 heteroatoms. The highest BCUT2D eigenvalue weighted by atomic mass is 33.1. The standard InChI is InChI=1S/C41H62N2O6S2/c1-27(22-29(3)17-19-35-31(5)18-20-38(46)49-35)14-12-15-28(2)23-32(6)39(47)34(8)40(48)33(7)24-30(4)25-37(45)43-26-41(9,10)51-50-21-13-16-36(44)42-11/h12,15,17-20,22-23,25,27,32-35,40,48H,5,13-14,16,21,24,26H2,1-4,6-11H3,(H,42,44)(H,43,45)/b15-12+,19-17+,28-23+,29-22-,30-25+/t27?,32-,33+,34-,35?,40?/m1/s1. The Bertz CT molecular complexity index is 1390. The molecule has 8 nitrogen and oxygen atoms in total. The van der Waals surface area contributed by atoms with Gasteiger partial charge in [0.2, 0.25) is 11.8 Å². The van der Waals surface area contributed by atoms with E-state index in [-0.39, 0.29) is 46.1 Å². The Balaban J connectivity index is 2.57. The molecule has 0 radical (unpaired) electrons. The number of Topliss-reactive ketones (excluding diaryl/α,β-unsaturated/α-hetero) is 1. The van der Waals surface area contributed by atoms with Crippen molar-refractivity contribution >= 4 is 45.2 Å². The molecule has 0 aliphatic carbocycles. The normalized spacial score (nSPS) is 19.1. The number of aliphatic hydroxyl groups excluding tert-OH is 1. The molecule has 3 N–H and O–H groups in total. The third-order valence-electron chi connectivity index (χ3n) is 8.42. The first kappa shape index (κ1) is 45.9. The number of hydrogen-bond donors (Lipinski definition) is 3. The maximum absolute atomic E-state index is 13.3. The summed E-state index contributed by atoms with van der Waals surface area (Å²) in [6, 6.07) is 0. The Morgan fingerprint density at radius 1 is 1.06 bits per heavy atom. The first-order valence-corrected chi connectivity index (χ1v) is 20.1. The Labute approximate surface area is 315 Å². The molecule has 0 bridgehead atoms. The van der Waals surface area contributed by atoms with E-state index in [1.54, 1.807) is 47.7 Å². The molecule has 6 atom stereocenters. The largest absolute Gasteiger partial charge is 0.450 e. The van der Waals surface area contributed by atoms with Crippen LogP contribution in [0.5, 0.6) is 0 Å². The number of amides is 2. The lowest BCUT2D eigenvalue weighted by Crippen LogP contribution is -2.35. The maximum atomic E-state index is 13.3. The first-order chi connectivity index (χ1) is 23.8. The van der Waals surface area contributed by atoms with Crippen LogP contribution in [0.15, 0.2) is 83.6 Å². The third kappa shape index (κ3) is 19.4. The Kier molecular flexibility index (Phi) is 21.1. The summed E-state index contributed by atoms with van der Waals surface area (Å²) in [4.78, 5) is 48.7. The monoisotopic (exact) mass is 742 g/mol. The van der Waals surface area contributed by atoms with Crippen LogP contribution in [-0.2, 0) is 23.9 Å². The minimum absolute atomic E-state index is 0.0202. The highest BCUT2D eigenvalue weighted by molar-refractivity contribution is 8.77. The van der Waals surface area contributed by atoms with Crippen LogP contribution in [0.3, 0.4) is 0 Å². The van der Waals surface area contributed by atoms with Crippen LogP contribution in [0.4, 0.5) is 0 Å². The highest BCUT2D eigenvalue weighted by Gasteiger charge is 2.29. The van der Waals surface area contributed by atoms with Crippen LogP contribution >= 0.6 is 21.6 Å². The molecular weight excluding hydrogens is 681 g/mol. The molecule has 284 valence electrons. The summed E-state index contributed by atoms with van der Waals surface area (Å²) < 4.78 is 5.10. The van der Waals surface area contributed by atoms with Crippen molar-refractivity contribution < 1.29 is 29.0 Å². The SMILES string of the molecule is C=C1C=CC(=O)OC1/C=C/C(C)=C\C(C)C/C=C/C(C)=C/[C@@H](C)C(=O)[C@@H](C)C(O)[C@@H](C)C/C(C)=C/C(=O)NCC(C)(C)SSCCCC(=O)NC. The van der Waals surface area contributed by atoms with Gasteiger partial charge in [-0.3, -0.25) is 14.4 Å². The fraction of sp³-hybridized carbons (Fsp3) is 0.561. The van der Waals surface area contributed by atoms with Crippen molar-refractivity contribution in [3.63, 3.8) is 0 Å². The van der Waals surface area contributed by atoms with E-state index in [1.165, 1.54) is 6.08 Å². The van der Waals surface area contributed by atoms with E-state index in [1.807, 2.05) is 58.9 Å². The number of nitrogens with one attached hydrogen (secondary N) is 2. The summed E-state index contributed by atoms with van der Waals surface area (Å²) in [6.45, 7) is 22.1. The Hall–Kier alpha value is -3.08. The van der Waals surface area contributed by atoms with Gasteiger partial charge in [0, 0.05) is 54.5 Å². The van der Waals surface area contributed by atoms with Crippen molar-refractivity contribution in [2.45, 2.75) is 105 Å². The molecule has 0 saturated heterocycles. The fourth-order valence-corrected chi connectivity index (χ4v) is 8.00. The molecule has 3 unspecified atom stereocenters. The fourth-order valence-electron chi connectivity index (χ4n) is 5.47. The van der Waals surface area contributed by atoms with Gasteiger partial charge < -0.3 is 20.5 Å². The van der Waals surface area contributed by atoms with Crippen molar-refractivity contribution in [3.05, 3.63) is 83.6 Å². The lowest BCUT2D eigenvalue weighted by molar-refractivity contribution is -0.140. The zero-order valence-corrected chi connectivity index (χ0v) is 34.0. The molecule has 1 heterocycles. The molecule has 1 rings (SSSR count). The topological polar surface area (TPSA) is 122 Å². The molecular formula is C41H62N2O6S2. The highest BCUT2D eigenvalue weighted by Crippen LogP contribution is 2.35. The summed E-state index contributed by atoms with van der Waals surface area (Å²) in [6.07, 6.45) is 18.0. The second-order valence-electron chi connectivity index (χ2n) is 14.4. The molecule has 0 aromatic carbocycles. The van der Waals surface area contributed by atoms with Crippen molar-refractivity contribution in [2.75, 3.05) is 19.3 Å². The number of cyclic esters (lactones) is 1. The lowest BCUT2D eigenvalue weighted by atomic mass is 9.83. The molecule has 1 aliphatic rings. The average molecular weight is 743 g/mol. The maximum Gasteiger partial charge on any atom is 0.331 e. The van der Waals surface area contributed by atoms with E-state index in [2.05, 4.69) is 50.1 Å². The van der Waals surface area contributed by atoms with Gasteiger partial charge in [-0.15, -0.1) is 0 Å². The number of rotatable bonds is 22. The molecule has 0 saturated carbocycles. The number of aliphatic hydroxyl groups is 1. The van der Waals surface area contributed by atoms with Gasteiger partial charge in [0.05, 0.1) is 6.10 Å². The average Bonchev–Trinajstić information content (AvgIpc) is 3.06. The zero-order chi connectivity index (χ0) is 38.7. The van der Waals surface area contributed by atoms with Gasteiger partial charge in [-0.2, -0.15) is 0 Å². The number of ketones is 1. The third-order valence-corrected chi connectivity index (χ3v) is 11.8. The van der Waals surface area contributed by atoms with Crippen molar-refractivity contribution in [1.29, 1.82) is 0 Å². The quantitative estimate of drug-likeness (QED) is 0.0335. The van der Waals surface area contributed by atoms with Gasteiger partial charge in [0.15, 0.2) is 0 Å².